The molecule has 4 aromatic rings. The van der Waals surface area contributed by atoms with E-state index in [1.165, 1.54) is 0 Å². The van der Waals surface area contributed by atoms with E-state index >= 15 is 0 Å². The zero-order valence-electron chi connectivity index (χ0n) is 22.7. The smallest absolute Gasteiger partial charge is 0.255 e. The van der Waals surface area contributed by atoms with Crippen LogP contribution in [0.15, 0.2) is 60.9 Å². The van der Waals surface area contributed by atoms with Crippen molar-refractivity contribution in [1.82, 2.24) is 20.2 Å². The van der Waals surface area contributed by atoms with Gasteiger partial charge in [0, 0.05) is 54.0 Å². The maximum absolute atomic E-state index is 13.8. The molecule has 1 unspecified atom stereocenters. The Balaban J connectivity index is 1.55. The van der Waals surface area contributed by atoms with Gasteiger partial charge in [0.25, 0.3) is 5.91 Å². The van der Waals surface area contributed by atoms with Gasteiger partial charge in [-0.3, -0.25) is 9.59 Å². The number of aromatic amines is 1. The Kier molecular flexibility index (Phi) is 7.93. The van der Waals surface area contributed by atoms with Crippen molar-refractivity contribution in [3.63, 3.8) is 0 Å². The van der Waals surface area contributed by atoms with Crippen LogP contribution in [0.5, 0.6) is 5.75 Å². The normalized spacial score (nSPS) is 15.4. The fourth-order valence-electron chi connectivity index (χ4n) is 5.37. The molecule has 5 rings (SSSR count). The maximum Gasteiger partial charge on any atom is 0.255 e. The van der Waals surface area contributed by atoms with E-state index in [0.29, 0.717) is 36.7 Å². The number of amides is 2. The molecule has 0 spiro atoms. The second kappa shape index (κ2) is 11.7. The van der Waals surface area contributed by atoms with Gasteiger partial charge in [0.2, 0.25) is 5.91 Å². The molecule has 1 fully saturated rings. The number of hydrogen-bond donors (Lipinski definition) is 3. The number of nitrogens with one attached hydrogen (secondary N) is 3. The van der Waals surface area contributed by atoms with Crippen molar-refractivity contribution in [3.8, 4) is 28.0 Å². The van der Waals surface area contributed by atoms with Crippen LogP contribution in [0.25, 0.3) is 33.3 Å². The Hall–Kier alpha value is -4.17. The molecular weight excluding hydrogens is 490 g/mol. The average molecular weight is 526 g/mol. The van der Waals surface area contributed by atoms with Crippen LogP contribution >= 0.6 is 0 Å². The number of pyridine rings is 1. The van der Waals surface area contributed by atoms with Crippen molar-refractivity contribution < 1.29 is 14.3 Å². The fourth-order valence-corrected chi connectivity index (χ4v) is 5.37. The summed E-state index contributed by atoms with van der Waals surface area (Å²) in [5.41, 5.74) is 5.51. The Morgan fingerprint density at radius 1 is 1.13 bits per heavy atom. The number of benzene rings is 2. The molecule has 8 heteroatoms. The number of nitrogens with zero attached hydrogens (tertiary/aromatic N) is 2. The zero-order valence-corrected chi connectivity index (χ0v) is 22.7. The van der Waals surface area contributed by atoms with Gasteiger partial charge in [-0.25, -0.2) is 4.98 Å². The van der Waals surface area contributed by atoms with Crippen LogP contribution in [0.4, 0.5) is 5.69 Å². The van der Waals surface area contributed by atoms with E-state index in [0.717, 1.165) is 58.4 Å². The van der Waals surface area contributed by atoms with E-state index in [-0.39, 0.29) is 11.8 Å². The number of anilines is 1. The Labute approximate surface area is 228 Å². The number of carbonyl (C=O) groups is 2. The molecule has 2 aromatic heterocycles. The van der Waals surface area contributed by atoms with Gasteiger partial charge in [-0.2, -0.15) is 0 Å². The molecule has 8 nitrogen and oxygen atoms in total. The zero-order chi connectivity index (χ0) is 27.4. The van der Waals surface area contributed by atoms with E-state index in [9.17, 15) is 9.59 Å². The summed E-state index contributed by atoms with van der Waals surface area (Å²) in [6.07, 6.45) is 6.15. The van der Waals surface area contributed by atoms with Crippen LogP contribution in [0.3, 0.4) is 0 Å². The lowest BCUT2D eigenvalue weighted by molar-refractivity contribution is -0.115. The van der Waals surface area contributed by atoms with Gasteiger partial charge >= 0.3 is 0 Å². The molecule has 2 amide bonds. The van der Waals surface area contributed by atoms with Gasteiger partial charge in [0.1, 0.15) is 11.4 Å². The summed E-state index contributed by atoms with van der Waals surface area (Å²) >= 11 is 0. The predicted molar refractivity (Wildman–Crippen MR) is 155 cm³/mol. The molecule has 1 aliphatic rings. The third-order valence-corrected chi connectivity index (χ3v) is 7.41. The summed E-state index contributed by atoms with van der Waals surface area (Å²) < 4.78 is 5.59. The number of rotatable bonds is 8. The van der Waals surface area contributed by atoms with Crippen LogP contribution in [0, 0.1) is 5.92 Å². The molecule has 1 saturated heterocycles. The first-order valence-electron chi connectivity index (χ1n) is 13.5. The second-order valence-electron chi connectivity index (χ2n) is 10.0. The summed E-state index contributed by atoms with van der Waals surface area (Å²) in [6, 6.07) is 15.6. The number of para-hydroxylation sites is 1. The number of carbonyl (C=O) groups excluding carboxylic acids is 2. The molecule has 1 aliphatic heterocycles. The van der Waals surface area contributed by atoms with E-state index in [4.69, 9.17) is 4.74 Å². The molecule has 1 atom stereocenters. The number of fused-ring (bicyclic) bond motifs is 1. The highest BCUT2D eigenvalue weighted by molar-refractivity contribution is 6.05. The van der Waals surface area contributed by atoms with E-state index in [2.05, 4.69) is 26.7 Å². The maximum atomic E-state index is 13.8. The minimum atomic E-state index is -0.125. The molecule has 39 heavy (non-hydrogen) atoms. The lowest BCUT2D eigenvalue weighted by atomic mass is 9.96. The van der Waals surface area contributed by atoms with Crippen LogP contribution in [-0.4, -0.2) is 60.5 Å². The Bertz CT molecular complexity index is 1490. The van der Waals surface area contributed by atoms with Crippen LogP contribution < -0.4 is 15.4 Å². The van der Waals surface area contributed by atoms with Gasteiger partial charge in [-0.15, -0.1) is 0 Å². The van der Waals surface area contributed by atoms with Crippen LogP contribution in [-0.2, 0) is 4.79 Å². The standard InChI is InChI=1S/C31H35N5O3/c1-4-29(37)35-27-12-11-21(14-25(27)31(38)36-13-7-8-20(19-36)16-32-2)22-15-24-26(18-34-30(24)33-17-22)23-9-5-6-10-28(23)39-3/h5-6,9-12,14-15,17-18,20,32H,4,7-8,13,16,19H2,1-3H3,(H,33,34)(H,35,37). The summed E-state index contributed by atoms with van der Waals surface area (Å²) in [6.45, 7) is 4.09. The molecule has 202 valence electrons. The number of hydrogen-bond acceptors (Lipinski definition) is 5. The molecule has 0 saturated carbocycles. The first kappa shape index (κ1) is 26.4. The number of aromatic nitrogens is 2. The topological polar surface area (TPSA) is 99.4 Å². The number of H-pyrrole nitrogens is 1. The van der Waals surface area contributed by atoms with Gasteiger partial charge < -0.3 is 25.3 Å². The van der Waals surface area contributed by atoms with E-state index in [1.54, 1.807) is 14.0 Å². The van der Waals surface area contributed by atoms with E-state index < -0.39 is 0 Å². The SMILES string of the molecule is CCC(=O)Nc1ccc(-c2cnc3[nH]cc(-c4ccccc4OC)c3c2)cc1C(=O)N1CCCC(CNC)C1. The summed E-state index contributed by atoms with van der Waals surface area (Å²) in [5.74, 6) is 1.01. The first-order chi connectivity index (χ1) is 19.0. The molecule has 3 N–H and O–H groups in total. The lowest BCUT2D eigenvalue weighted by Gasteiger charge is -2.33. The van der Waals surface area contributed by atoms with Crippen molar-refractivity contribution in [1.29, 1.82) is 0 Å². The Morgan fingerprint density at radius 2 is 1.97 bits per heavy atom. The number of piperidine rings is 1. The number of ether oxygens (including phenoxy) is 1. The van der Waals surface area contributed by atoms with Gasteiger partial charge in [-0.05, 0) is 62.2 Å². The van der Waals surface area contributed by atoms with Crippen molar-refractivity contribution >= 4 is 28.5 Å². The molecular formula is C31H35N5O3. The number of likely N-dealkylation sites (tertiary alicyclic amines) is 1. The molecule has 0 bridgehead atoms. The molecule has 2 aromatic carbocycles. The van der Waals surface area contributed by atoms with Crippen molar-refractivity contribution in [3.05, 3.63) is 66.5 Å². The number of methoxy groups -OCH3 is 1. The van der Waals surface area contributed by atoms with Gasteiger partial charge in [0.15, 0.2) is 0 Å². The third-order valence-electron chi connectivity index (χ3n) is 7.41. The predicted octanol–water partition coefficient (Wildman–Crippen LogP) is 5.33. The highest BCUT2D eigenvalue weighted by Crippen LogP contribution is 2.36. The quantitative estimate of drug-likeness (QED) is 0.289. The Morgan fingerprint density at radius 3 is 2.77 bits per heavy atom. The minimum Gasteiger partial charge on any atom is -0.496 e. The van der Waals surface area contributed by atoms with Crippen molar-refractivity contribution in [2.75, 3.05) is 39.1 Å². The van der Waals surface area contributed by atoms with Gasteiger partial charge in [-0.1, -0.05) is 31.2 Å². The summed E-state index contributed by atoms with van der Waals surface area (Å²) in [5, 5.41) is 7.12. The summed E-state index contributed by atoms with van der Waals surface area (Å²) in [4.78, 5) is 36.0. The van der Waals surface area contributed by atoms with Crippen LogP contribution in [0.1, 0.15) is 36.5 Å². The lowest BCUT2D eigenvalue weighted by Crippen LogP contribution is -2.42. The minimum absolute atomic E-state index is 0.0607. The second-order valence-corrected chi connectivity index (χ2v) is 10.0. The monoisotopic (exact) mass is 525 g/mol. The fraction of sp³-hybridized carbons (Fsp3) is 0.323. The highest BCUT2D eigenvalue weighted by Gasteiger charge is 2.26. The molecule has 0 aliphatic carbocycles. The highest BCUT2D eigenvalue weighted by atomic mass is 16.5. The van der Waals surface area contributed by atoms with Crippen molar-refractivity contribution in [2.24, 2.45) is 5.92 Å². The third kappa shape index (κ3) is 5.52. The van der Waals surface area contributed by atoms with Crippen molar-refractivity contribution in [2.45, 2.75) is 26.2 Å². The summed E-state index contributed by atoms with van der Waals surface area (Å²) in [7, 11) is 3.61. The van der Waals surface area contributed by atoms with Gasteiger partial charge in [0.05, 0.1) is 18.4 Å². The first-order valence-corrected chi connectivity index (χ1v) is 13.5. The average Bonchev–Trinajstić information content (AvgIpc) is 3.40. The molecule has 0 radical (unpaired) electrons. The largest absolute Gasteiger partial charge is 0.496 e. The molecule has 3 heterocycles. The van der Waals surface area contributed by atoms with E-state index in [1.807, 2.05) is 66.8 Å². The van der Waals surface area contributed by atoms with Crippen LogP contribution in [0.2, 0.25) is 0 Å².